The number of aliphatic hydroxyl groups is 1. The Kier molecular flexibility index (Phi) is 5.25. The molecule has 0 aliphatic heterocycles. The van der Waals surface area contributed by atoms with Crippen molar-refractivity contribution >= 4 is 33.1 Å². The van der Waals surface area contributed by atoms with Gasteiger partial charge in [0.15, 0.2) is 0 Å². The van der Waals surface area contributed by atoms with E-state index < -0.39 is 10.0 Å². The van der Waals surface area contributed by atoms with Gasteiger partial charge in [-0.25, -0.2) is 13.1 Å². The van der Waals surface area contributed by atoms with Crippen LogP contribution in [0.2, 0.25) is 0 Å². The Morgan fingerprint density at radius 2 is 2.11 bits per heavy atom. The molecule has 0 bridgehead atoms. The molecule has 2 N–H and O–H groups in total. The molecule has 0 atom stereocenters. The molecule has 0 aromatic carbocycles. The van der Waals surface area contributed by atoms with Gasteiger partial charge in [-0.3, -0.25) is 0 Å². The van der Waals surface area contributed by atoms with Crippen LogP contribution in [0.25, 0.3) is 0 Å². The Bertz CT molecular complexity index is 506. The van der Waals surface area contributed by atoms with Crippen LogP contribution < -0.4 is 4.72 Å². The van der Waals surface area contributed by atoms with Crippen molar-refractivity contribution in [3.05, 3.63) is 16.5 Å². The molecule has 4 nitrogen and oxygen atoms in total. The van der Waals surface area contributed by atoms with Crippen LogP contribution in [0, 0.1) is 6.92 Å². The number of rotatable bonds is 6. The van der Waals surface area contributed by atoms with E-state index in [1.807, 2.05) is 20.1 Å². The number of thiophene rings is 1. The molecule has 1 aromatic heterocycles. The molecule has 0 spiro atoms. The smallest absolute Gasteiger partial charge is 0.250 e. The van der Waals surface area contributed by atoms with E-state index in [1.165, 1.54) is 0 Å². The minimum atomic E-state index is -3.47. The Morgan fingerprint density at radius 1 is 1.50 bits per heavy atom. The number of thioether (sulfide) groups is 1. The lowest BCUT2D eigenvalue weighted by atomic mass is 10.2. The molecule has 1 heterocycles. The van der Waals surface area contributed by atoms with E-state index in [-0.39, 0.29) is 15.6 Å². The zero-order valence-corrected chi connectivity index (χ0v) is 13.4. The molecule has 0 saturated carbocycles. The third-order valence-corrected chi connectivity index (χ3v) is 6.99. The fraction of sp³-hybridized carbons (Fsp3) is 0.636. The topological polar surface area (TPSA) is 66.4 Å². The van der Waals surface area contributed by atoms with E-state index in [1.54, 1.807) is 24.8 Å². The van der Waals surface area contributed by atoms with Gasteiger partial charge in [0.1, 0.15) is 4.21 Å². The molecule has 1 aromatic rings. The van der Waals surface area contributed by atoms with Crippen molar-refractivity contribution < 1.29 is 13.5 Å². The summed E-state index contributed by atoms with van der Waals surface area (Å²) in [6.45, 7) is 6.02. The normalized spacial score (nSPS) is 12.9. The second kappa shape index (κ2) is 5.92. The fourth-order valence-electron chi connectivity index (χ4n) is 1.19. The molecule has 1 rings (SSSR count). The quantitative estimate of drug-likeness (QED) is 0.843. The number of sulfonamides is 1. The first-order valence-electron chi connectivity index (χ1n) is 5.47. The Morgan fingerprint density at radius 3 is 2.56 bits per heavy atom. The van der Waals surface area contributed by atoms with Crippen molar-refractivity contribution in [2.24, 2.45) is 0 Å². The lowest BCUT2D eigenvalue weighted by molar-refractivity contribution is 0.285. The highest BCUT2D eigenvalue weighted by Crippen LogP contribution is 2.27. The molecular weight excluding hydrogens is 290 g/mol. The van der Waals surface area contributed by atoms with Crippen LogP contribution in [0.15, 0.2) is 10.3 Å². The first-order valence-corrected chi connectivity index (χ1v) is 8.99. The first-order chi connectivity index (χ1) is 8.22. The maximum atomic E-state index is 12.1. The highest BCUT2D eigenvalue weighted by molar-refractivity contribution is 8.00. The summed E-state index contributed by atoms with van der Waals surface area (Å²) < 4.78 is 26.9. The van der Waals surface area contributed by atoms with Gasteiger partial charge >= 0.3 is 0 Å². The molecule has 0 aliphatic rings. The van der Waals surface area contributed by atoms with E-state index >= 15 is 0 Å². The summed E-state index contributed by atoms with van der Waals surface area (Å²) in [6, 6.07) is 1.60. The highest BCUT2D eigenvalue weighted by Gasteiger charge is 2.23. The zero-order chi connectivity index (χ0) is 14.0. The maximum absolute atomic E-state index is 12.1. The standard InChI is InChI=1S/C11H19NO3S3/c1-8-5-10(17-9(8)6-13)18(14,15)12-7-11(2,3)16-4/h5,12-13H,6-7H2,1-4H3. The molecular formula is C11H19NO3S3. The van der Waals surface area contributed by atoms with E-state index in [0.29, 0.717) is 11.4 Å². The minimum Gasteiger partial charge on any atom is -0.391 e. The van der Waals surface area contributed by atoms with Crippen LogP contribution in [0.3, 0.4) is 0 Å². The average Bonchev–Trinajstić information content (AvgIpc) is 2.69. The molecule has 0 radical (unpaired) electrons. The summed E-state index contributed by atoms with van der Waals surface area (Å²) in [7, 11) is -3.47. The minimum absolute atomic E-state index is 0.123. The molecule has 7 heteroatoms. The number of nitrogens with one attached hydrogen (secondary N) is 1. The summed E-state index contributed by atoms with van der Waals surface area (Å²) >= 11 is 2.73. The van der Waals surface area contributed by atoms with E-state index in [9.17, 15) is 8.42 Å². The van der Waals surface area contributed by atoms with Crippen LogP contribution in [0.4, 0.5) is 0 Å². The predicted molar refractivity (Wildman–Crippen MR) is 77.8 cm³/mol. The van der Waals surface area contributed by atoms with E-state index in [4.69, 9.17) is 5.11 Å². The molecule has 18 heavy (non-hydrogen) atoms. The van der Waals surface area contributed by atoms with Crippen molar-refractivity contribution in [2.75, 3.05) is 12.8 Å². The molecule has 0 aliphatic carbocycles. The average molecular weight is 309 g/mol. The second-order valence-electron chi connectivity index (χ2n) is 4.62. The predicted octanol–water partition coefficient (Wildman–Crippen LogP) is 1.97. The number of aliphatic hydroxyl groups excluding tert-OH is 1. The van der Waals surface area contributed by atoms with E-state index in [0.717, 1.165) is 16.9 Å². The van der Waals surface area contributed by atoms with Gasteiger partial charge in [0, 0.05) is 16.2 Å². The summed E-state index contributed by atoms with van der Waals surface area (Å²) in [5.41, 5.74) is 0.812. The monoisotopic (exact) mass is 309 g/mol. The molecule has 0 saturated heterocycles. The van der Waals surface area contributed by atoms with Gasteiger partial charge in [-0.2, -0.15) is 11.8 Å². The largest absolute Gasteiger partial charge is 0.391 e. The van der Waals surface area contributed by atoms with Gasteiger partial charge in [0.25, 0.3) is 0 Å². The zero-order valence-electron chi connectivity index (χ0n) is 11.0. The van der Waals surface area contributed by atoms with Gasteiger partial charge < -0.3 is 5.11 Å². The van der Waals surface area contributed by atoms with Crippen LogP contribution in [0.5, 0.6) is 0 Å². The Hall–Kier alpha value is -0.0800. The third kappa shape index (κ3) is 3.96. The summed E-state index contributed by atoms with van der Waals surface area (Å²) in [5.74, 6) is 0. The van der Waals surface area contributed by atoms with Crippen LogP contribution in [-0.4, -0.2) is 31.1 Å². The highest BCUT2D eigenvalue weighted by atomic mass is 32.2. The van der Waals surface area contributed by atoms with Gasteiger partial charge in [-0.15, -0.1) is 11.3 Å². The number of aryl methyl sites for hydroxylation is 1. The summed E-state index contributed by atoms with van der Waals surface area (Å²) in [5, 5.41) is 9.09. The van der Waals surface area contributed by atoms with Gasteiger partial charge in [-0.1, -0.05) is 0 Å². The Balaban J connectivity index is 2.86. The lowest BCUT2D eigenvalue weighted by Crippen LogP contribution is -2.35. The van der Waals surface area contributed by atoms with Crippen molar-refractivity contribution in [3.8, 4) is 0 Å². The van der Waals surface area contributed by atoms with Crippen LogP contribution >= 0.6 is 23.1 Å². The second-order valence-corrected chi connectivity index (χ2v) is 9.26. The number of hydrogen-bond donors (Lipinski definition) is 2. The van der Waals surface area contributed by atoms with Crippen molar-refractivity contribution in [1.82, 2.24) is 4.72 Å². The van der Waals surface area contributed by atoms with Gasteiger partial charge in [-0.05, 0) is 38.7 Å². The molecule has 0 amide bonds. The first kappa shape index (κ1) is 16.0. The summed E-state index contributed by atoms with van der Waals surface area (Å²) in [6.07, 6.45) is 1.95. The van der Waals surface area contributed by atoms with Gasteiger partial charge in [0.2, 0.25) is 10.0 Å². The van der Waals surface area contributed by atoms with E-state index in [2.05, 4.69) is 4.72 Å². The maximum Gasteiger partial charge on any atom is 0.250 e. The molecule has 0 unspecified atom stereocenters. The summed E-state index contributed by atoms with van der Waals surface area (Å²) in [4.78, 5) is 0.694. The molecule has 0 fully saturated rings. The Labute approximate surface area is 117 Å². The fourth-order valence-corrected chi connectivity index (χ4v) is 4.20. The lowest BCUT2D eigenvalue weighted by Gasteiger charge is -2.21. The molecule has 104 valence electrons. The third-order valence-electron chi connectivity index (χ3n) is 2.65. The number of hydrogen-bond acceptors (Lipinski definition) is 5. The van der Waals surface area contributed by atoms with Crippen molar-refractivity contribution in [1.29, 1.82) is 0 Å². The van der Waals surface area contributed by atoms with Crippen LogP contribution in [0.1, 0.15) is 24.3 Å². The van der Waals surface area contributed by atoms with Crippen molar-refractivity contribution in [2.45, 2.75) is 36.3 Å². The van der Waals surface area contributed by atoms with Crippen LogP contribution in [-0.2, 0) is 16.6 Å². The van der Waals surface area contributed by atoms with Crippen molar-refractivity contribution in [3.63, 3.8) is 0 Å². The van der Waals surface area contributed by atoms with Gasteiger partial charge in [0.05, 0.1) is 6.61 Å². The SMILES string of the molecule is CSC(C)(C)CNS(=O)(=O)c1cc(C)c(CO)s1.